The second-order valence-corrected chi connectivity index (χ2v) is 5.66. The van der Waals surface area contributed by atoms with Crippen molar-refractivity contribution in [2.24, 2.45) is 5.92 Å². The molecule has 1 aromatic rings. The van der Waals surface area contributed by atoms with E-state index in [2.05, 4.69) is 11.8 Å². The number of likely N-dealkylation sites (N-methyl/N-ethyl adjacent to an activating group) is 1. The molecule has 2 unspecified atom stereocenters. The van der Waals surface area contributed by atoms with Crippen LogP contribution in [0.5, 0.6) is 0 Å². The van der Waals surface area contributed by atoms with Crippen LogP contribution in [0.3, 0.4) is 0 Å². The van der Waals surface area contributed by atoms with E-state index in [0.717, 1.165) is 5.56 Å². The summed E-state index contributed by atoms with van der Waals surface area (Å²) in [6.45, 7) is 10.9. The molecule has 0 aliphatic rings. The summed E-state index contributed by atoms with van der Waals surface area (Å²) in [5.41, 5.74) is 0.871. The van der Waals surface area contributed by atoms with Crippen molar-refractivity contribution in [3.8, 4) is 11.8 Å². The molecule has 0 N–H and O–H groups in total. The number of ether oxygens (including phenoxy) is 1. The van der Waals surface area contributed by atoms with Gasteiger partial charge in [0.2, 0.25) is 5.91 Å². The van der Waals surface area contributed by atoms with Gasteiger partial charge in [0.15, 0.2) is 0 Å². The first-order chi connectivity index (χ1) is 11.9. The van der Waals surface area contributed by atoms with E-state index in [4.69, 9.17) is 4.74 Å². The van der Waals surface area contributed by atoms with Crippen LogP contribution in [-0.2, 0) is 14.3 Å². The number of hydrogen-bond acceptors (Lipinski definition) is 3. The Bertz CT molecular complexity index is 586. The predicted molar refractivity (Wildman–Crippen MR) is 102 cm³/mol. The van der Waals surface area contributed by atoms with E-state index in [1.54, 1.807) is 18.9 Å². The third kappa shape index (κ3) is 7.43. The Hall–Kier alpha value is -2.28. The lowest BCUT2D eigenvalue weighted by molar-refractivity contribution is -0.154. The Morgan fingerprint density at radius 3 is 2.20 bits per heavy atom. The Morgan fingerprint density at radius 1 is 1.16 bits per heavy atom. The zero-order valence-corrected chi connectivity index (χ0v) is 16.5. The Labute approximate surface area is 152 Å². The number of carbonyl (C=O) groups excluding carboxylic acids is 2. The van der Waals surface area contributed by atoms with Crippen LogP contribution >= 0.6 is 0 Å². The fourth-order valence-electron chi connectivity index (χ4n) is 2.36. The lowest BCUT2D eigenvalue weighted by Crippen LogP contribution is -2.42. The third-order valence-electron chi connectivity index (χ3n) is 3.82. The van der Waals surface area contributed by atoms with Gasteiger partial charge in [-0.3, -0.25) is 9.59 Å². The molecule has 0 aromatic heterocycles. The molecular weight excluding hydrogens is 314 g/mol. The number of carbonyl (C=O) groups is 2. The fraction of sp³-hybridized carbons (Fsp3) is 0.524. The molecule has 0 saturated carbocycles. The quantitative estimate of drug-likeness (QED) is 0.573. The molecule has 0 bridgehead atoms. The molecule has 4 nitrogen and oxygen atoms in total. The van der Waals surface area contributed by atoms with Crippen molar-refractivity contribution in [1.29, 1.82) is 0 Å². The molecule has 1 amide bonds. The summed E-state index contributed by atoms with van der Waals surface area (Å²) in [4.78, 5) is 25.6. The van der Waals surface area contributed by atoms with Gasteiger partial charge in [0.05, 0.1) is 6.04 Å². The molecule has 1 aromatic carbocycles. The largest absolute Gasteiger partial charge is 0.455 e. The van der Waals surface area contributed by atoms with Gasteiger partial charge in [0.1, 0.15) is 6.10 Å². The maximum absolute atomic E-state index is 12.5. The summed E-state index contributed by atoms with van der Waals surface area (Å²) in [5.74, 6) is 5.18. The van der Waals surface area contributed by atoms with Crippen molar-refractivity contribution in [3.63, 3.8) is 0 Å². The van der Waals surface area contributed by atoms with Gasteiger partial charge in [-0.25, -0.2) is 0 Å². The number of amides is 1. The number of hydrogen-bond donors (Lipinski definition) is 0. The summed E-state index contributed by atoms with van der Waals surface area (Å²) in [6.07, 6.45) is 0.0304. The zero-order chi connectivity index (χ0) is 19.4. The van der Waals surface area contributed by atoms with Crippen LogP contribution in [0.25, 0.3) is 0 Å². The topological polar surface area (TPSA) is 46.6 Å². The normalized spacial score (nSPS) is 13.1. The van der Waals surface area contributed by atoms with Gasteiger partial charge < -0.3 is 9.64 Å². The number of nitrogens with zero attached hydrogens (tertiary/aromatic N) is 1. The van der Waals surface area contributed by atoms with Crippen LogP contribution < -0.4 is 0 Å². The number of benzene rings is 1. The summed E-state index contributed by atoms with van der Waals surface area (Å²) >= 11 is 0. The van der Waals surface area contributed by atoms with Gasteiger partial charge in [-0.05, 0) is 19.4 Å². The van der Waals surface area contributed by atoms with Crippen molar-refractivity contribution in [2.45, 2.75) is 60.1 Å². The van der Waals surface area contributed by atoms with Gasteiger partial charge in [0, 0.05) is 26.3 Å². The van der Waals surface area contributed by atoms with E-state index in [9.17, 15) is 9.59 Å². The van der Waals surface area contributed by atoms with Crippen molar-refractivity contribution in [1.82, 2.24) is 4.90 Å². The lowest BCUT2D eigenvalue weighted by atomic mass is 10.00. The molecule has 0 saturated heterocycles. The standard InChI is InChI=1S/C19H25NO3.C2H6/c1-6-7-11-14(2)19(22)20(5)15(3)18(23-16(4)21)17-12-9-8-10-13-17;1-2/h8-10,12-15,18H,11H2,1-5H3;1-2H3/t14?,15-,18?;/m1./s1. The molecule has 25 heavy (non-hydrogen) atoms. The molecule has 138 valence electrons. The van der Waals surface area contributed by atoms with Crippen molar-refractivity contribution < 1.29 is 14.3 Å². The minimum Gasteiger partial charge on any atom is -0.455 e. The minimum atomic E-state index is -0.493. The average Bonchev–Trinajstić information content (AvgIpc) is 2.64. The van der Waals surface area contributed by atoms with Gasteiger partial charge in [-0.2, -0.15) is 0 Å². The van der Waals surface area contributed by atoms with E-state index in [0.29, 0.717) is 6.42 Å². The summed E-state index contributed by atoms with van der Waals surface area (Å²) < 4.78 is 5.47. The molecule has 0 spiro atoms. The maximum Gasteiger partial charge on any atom is 0.303 e. The van der Waals surface area contributed by atoms with Gasteiger partial charge in [0.25, 0.3) is 0 Å². The molecule has 4 heteroatoms. The molecular formula is C21H31NO3. The Kier molecular flexibility index (Phi) is 11.0. The van der Waals surface area contributed by atoms with Crippen LogP contribution in [0.15, 0.2) is 30.3 Å². The Morgan fingerprint density at radius 2 is 1.72 bits per heavy atom. The van der Waals surface area contributed by atoms with E-state index in [1.807, 2.05) is 58.0 Å². The highest BCUT2D eigenvalue weighted by molar-refractivity contribution is 5.79. The zero-order valence-electron chi connectivity index (χ0n) is 16.5. The first-order valence-electron chi connectivity index (χ1n) is 8.76. The van der Waals surface area contributed by atoms with Crippen LogP contribution in [0.2, 0.25) is 0 Å². The highest BCUT2D eigenvalue weighted by Crippen LogP contribution is 2.25. The van der Waals surface area contributed by atoms with E-state index >= 15 is 0 Å². The highest BCUT2D eigenvalue weighted by atomic mass is 16.5. The summed E-state index contributed by atoms with van der Waals surface area (Å²) in [5, 5.41) is 0. The van der Waals surface area contributed by atoms with Crippen LogP contribution in [-0.4, -0.2) is 29.9 Å². The fourth-order valence-corrected chi connectivity index (χ4v) is 2.36. The predicted octanol–water partition coefficient (Wildman–Crippen LogP) is 4.21. The summed E-state index contributed by atoms with van der Waals surface area (Å²) in [7, 11) is 1.74. The first kappa shape index (κ1) is 22.7. The molecule has 1 rings (SSSR count). The molecule has 0 aliphatic heterocycles. The van der Waals surface area contributed by atoms with Gasteiger partial charge >= 0.3 is 5.97 Å². The third-order valence-corrected chi connectivity index (χ3v) is 3.82. The van der Waals surface area contributed by atoms with E-state index in [-0.39, 0.29) is 23.8 Å². The van der Waals surface area contributed by atoms with Gasteiger partial charge in [-0.1, -0.05) is 51.1 Å². The first-order valence-corrected chi connectivity index (χ1v) is 8.76. The van der Waals surface area contributed by atoms with Crippen molar-refractivity contribution in [2.75, 3.05) is 7.05 Å². The molecule has 3 atom stereocenters. The molecule has 0 aliphatic carbocycles. The number of rotatable bonds is 6. The van der Waals surface area contributed by atoms with Crippen molar-refractivity contribution in [3.05, 3.63) is 35.9 Å². The highest BCUT2D eigenvalue weighted by Gasteiger charge is 2.30. The maximum atomic E-state index is 12.5. The molecule has 0 fully saturated rings. The second kappa shape index (κ2) is 12.1. The van der Waals surface area contributed by atoms with Crippen LogP contribution in [0.1, 0.15) is 59.6 Å². The van der Waals surface area contributed by atoms with Gasteiger partial charge in [-0.15, -0.1) is 11.8 Å². The minimum absolute atomic E-state index is 0.00617. The van der Waals surface area contributed by atoms with E-state index in [1.165, 1.54) is 6.92 Å². The average molecular weight is 345 g/mol. The summed E-state index contributed by atoms with van der Waals surface area (Å²) in [6, 6.07) is 9.20. The smallest absolute Gasteiger partial charge is 0.303 e. The van der Waals surface area contributed by atoms with Crippen LogP contribution in [0, 0.1) is 17.8 Å². The lowest BCUT2D eigenvalue weighted by Gasteiger charge is -2.33. The molecule has 0 radical (unpaired) electrons. The van der Waals surface area contributed by atoms with Crippen LogP contribution in [0.4, 0.5) is 0 Å². The Balaban J connectivity index is 0.00000277. The second-order valence-electron chi connectivity index (χ2n) is 5.66. The SMILES string of the molecule is CC.CC#CCC(C)C(=O)N(C)[C@H](C)C(OC(C)=O)c1ccccc1. The van der Waals surface area contributed by atoms with E-state index < -0.39 is 6.10 Å². The van der Waals surface area contributed by atoms with Crippen molar-refractivity contribution >= 4 is 11.9 Å². The monoisotopic (exact) mass is 345 g/mol. The molecule has 0 heterocycles. The number of esters is 1.